The second kappa shape index (κ2) is 10.2. The van der Waals surface area contributed by atoms with Crippen molar-refractivity contribution in [3.63, 3.8) is 0 Å². The van der Waals surface area contributed by atoms with E-state index in [1.54, 1.807) is 23.1 Å². The minimum atomic E-state index is -0.820. The first-order valence-corrected chi connectivity index (χ1v) is 12.4. The summed E-state index contributed by atoms with van der Waals surface area (Å²) in [6.45, 7) is 2.90. The molecular formula is C25H25N2O4S2+. The summed E-state index contributed by atoms with van der Waals surface area (Å²) in [5, 5.41) is 20.4. The van der Waals surface area contributed by atoms with Gasteiger partial charge in [-0.25, -0.2) is 0 Å². The van der Waals surface area contributed by atoms with Gasteiger partial charge in [-0.2, -0.15) is 4.57 Å². The van der Waals surface area contributed by atoms with E-state index in [9.17, 15) is 19.8 Å². The van der Waals surface area contributed by atoms with E-state index in [-0.39, 0.29) is 12.8 Å². The summed E-state index contributed by atoms with van der Waals surface area (Å²) in [7, 11) is 0. The van der Waals surface area contributed by atoms with Gasteiger partial charge in [-0.05, 0) is 36.3 Å². The molecule has 0 saturated heterocycles. The zero-order valence-electron chi connectivity index (χ0n) is 18.2. The van der Waals surface area contributed by atoms with Gasteiger partial charge in [0.05, 0.1) is 17.1 Å². The number of para-hydroxylation sites is 2. The largest absolute Gasteiger partial charge is 0.481 e. The van der Waals surface area contributed by atoms with Crippen LogP contribution >= 0.6 is 23.1 Å². The van der Waals surface area contributed by atoms with Crippen LogP contribution in [-0.4, -0.2) is 28.7 Å². The first-order valence-electron chi connectivity index (χ1n) is 10.8. The molecule has 170 valence electrons. The number of aromatic nitrogens is 1. The average Bonchev–Trinajstić information content (AvgIpc) is 3.32. The Bertz CT molecular complexity index is 1260. The number of rotatable bonds is 9. The van der Waals surface area contributed by atoms with Crippen molar-refractivity contribution in [2.75, 3.05) is 11.4 Å². The monoisotopic (exact) mass is 481 g/mol. The van der Waals surface area contributed by atoms with Gasteiger partial charge in [0.1, 0.15) is 11.1 Å². The molecule has 2 heterocycles. The third-order valence-electron chi connectivity index (χ3n) is 5.40. The van der Waals surface area contributed by atoms with E-state index >= 15 is 0 Å². The highest BCUT2D eigenvalue weighted by atomic mass is 32.2. The Balaban J connectivity index is 1.72. The fourth-order valence-electron chi connectivity index (χ4n) is 3.76. The lowest BCUT2D eigenvalue weighted by molar-refractivity contribution is -0.667. The Kier molecular flexibility index (Phi) is 7.15. The van der Waals surface area contributed by atoms with Gasteiger partial charge < -0.3 is 15.1 Å². The third-order valence-corrected chi connectivity index (χ3v) is 7.62. The lowest BCUT2D eigenvalue weighted by Crippen LogP contribution is -2.36. The molecule has 2 N–H and O–H groups in total. The number of aryl methyl sites for hydroxylation is 1. The number of benzene rings is 2. The van der Waals surface area contributed by atoms with E-state index in [0.29, 0.717) is 13.1 Å². The van der Waals surface area contributed by atoms with Gasteiger partial charge in [-0.1, -0.05) is 54.3 Å². The molecule has 6 nitrogen and oxygen atoms in total. The quantitative estimate of drug-likeness (QED) is 0.399. The standard InChI is InChI=1S/C25H24N2O4S2/c1-2-17(15-22-26(13-11-24(28)29)18-7-3-5-9-20(18)32-22)16-23-27(14-12-25(30)31)19-8-4-6-10-21(19)33-23/h3-10,15-16H,2,11-14H2,1H3,(H-,28,29,30,31)/p+1. The Labute approximate surface area is 200 Å². The summed E-state index contributed by atoms with van der Waals surface area (Å²) in [6.07, 6.45) is 5.16. The molecule has 0 unspecified atom stereocenters. The lowest BCUT2D eigenvalue weighted by atomic mass is 10.2. The highest BCUT2D eigenvalue weighted by molar-refractivity contribution is 8.03. The lowest BCUT2D eigenvalue weighted by Gasteiger charge is -2.19. The summed E-state index contributed by atoms with van der Waals surface area (Å²) >= 11 is 3.29. The van der Waals surface area contributed by atoms with E-state index < -0.39 is 11.9 Å². The molecule has 0 atom stereocenters. The first-order chi connectivity index (χ1) is 16.0. The molecule has 4 rings (SSSR count). The van der Waals surface area contributed by atoms with E-state index in [0.717, 1.165) is 42.8 Å². The number of hydrogen-bond acceptors (Lipinski definition) is 5. The molecule has 0 amide bonds. The summed E-state index contributed by atoms with van der Waals surface area (Å²) in [5.74, 6) is -1.64. The summed E-state index contributed by atoms with van der Waals surface area (Å²) in [6, 6.07) is 16.1. The molecule has 3 aromatic rings. The van der Waals surface area contributed by atoms with E-state index in [4.69, 9.17) is 0 Å². The maximum atomic E-state index is 11.2. The van der Waals surface area contributed by atoms with E-state index in [1.807, 2.05) is 36.4 Å². The zero-order chi connectivity index (χ0) is 23.4. The number of fused-ring (bicyclic) bond motifs is 2. The normalized spacial score (nSPS) is 14.8. The number of carboxylic acid groups (broad SMARTS) is 2. The number of carboxylic acids is 2. The molecule has 0 fully saturated rings. The number of thioether (sulfide) groups is 1. The number of allylic oxidation sites excluding steroid dienone is 2. The van der Waals surface area contributed by atoms with Gasteiger partial charge in [0, 0.05) is 23.6 Å². The van der Waals surface area contributed by atoms with Crippen LogP contribution in [0.15, 0.2) is 70.1 Å². The van der Waals surface area contributed by atoms with E-state index in [1.165, 1.54) is 0 Å². The Morgan fingerprint density at radius 2 is 1.76 bits per heavy atom. The molecule has 1 aromatic heterocycles. The number of thiazole rings is 1. The molecule has 0 bridgehead atoms. The highest BCUT2D eigenvalue weighted by Gasteiger charge is 2.26. The van der Waals surface area contributed by atoms with Crippen molar-refractivity contribution in [3.8, 4) is 0 Å². The number of aliphatic carboxylic acids is 2. The van der Waals surface area contributed by atoms with Crippen molar-refractivity contribution < 1.29 is 24.4 Å². The van der Waals surface area contributed by atoms with Crippen LogP contribution in [-0.2, 0) is 16.1 Å². The predicted molar refractivity (Wildman–Crippen MR) is 133 cm³/mol. The highest BCUT2D eigenvalue weighted by Crippen LogP contribution is 2.46. The van der Waals surface area contributed by atoms with Gasteiger partial charge in [-0.3, -0.25) is 9.59 Å². The molecule has 0 aliphatic carbocycles. The van der Waals surface area contributed by atoms with Gasteiger partial charge in [-0.15, -0.1) is 0 Å². The molecule has 8 heteroatoms. The van der Waals surface area contributed by atoms with Crippen LogP contribution in [0.1, 0.15) is 31.2 Å². The van der Waals surface area contributed by atoms with Gasteiger partial charge in [0.25, 0.3) is 5.01 Å². The minimum Gasteiger partial charge on any atom is -0.481 e. The molecule has 0 radical (unpaired) electrons. The molecular weight excluding hydrogens is 456 g/mol. The van der Waals surface area contributed by atoms with Gasteiger partial charge in [0.15, 0.2) is 6.54 Å². The van der Waals surface area contributed by atoms with Crippen LogP contribution in [0.5, 0.6) is 0 Å². The zero-order valence-corrected chi connectivity index (χ0v) is 19.9. The van der Waals surface area contributed by atoms with Crippen molar-refractivity contribution >= 4 is 57.0 Å². The number of hydrogen-bond donors (Lipinski definition) is 2. The maximum absolute atomic E-state index is 11.2. The SMILES string of the molecule is CCC(/C=C1\Sc2ccccc2N1CCC(=O)O)=C\c1sc2ccccc2[n+]1CCC(=O)O. The molecule has 1 aliphatic heterocycles. The van der Waals surface area contributed by atoms with E-state index in [2.05, 4.69) is 40.7 Å². The third kappa shape index (κ3) is 5.29. The molecule has 1 aliphatic rings. The average molecular weight is 482 g/mol. The van der Waals surface area contributed by atoms with Crippen molar-refractivity contribution in [2.24, 2.45) is 0 Å². The fraction of sp³-hybridized carbons (Fsp3) is 0.240. The fourth-order valence-corrected chi connectivity index (χ4v) is 6.09. The number of carbonyl (C=O) groups is 2. The van der Waals surface area contributed by atoms with Crippen LogP contribution in [0.4, 0.5) is 5.69 Å². The van der Waals surface area contributed by atoms with Gasteiger partial charge in [0.2, 0.25) is 5.52 Å². The smallest absolute Gasteiger partial charge is 0.309 e. The van der Waals surface area contributed by atoms with Crippen LogP contribution < -0.4 is 9.47 Å². The maximum Gasteiger partial charge on any atom is 0.309 e. The second-order valence-corrected chi connectivity index (χ2v) is 9.75. The first kappa shape index (κ1) is 23.1. The van der Waals surface area contributed by atoms with Crippen LogP contribution in [0.25, 0.3) is 16.3 Å². The topological polar surface area (TPSA) is 81.7 Å². The van der Waals surface area contributed by atoms with Crippen LogP contribution in [0, 0.1) is 0 Å². The predicted octanol–water partition coefficient (Wildman–Crippen LogP) is 5.39. The van der Waals surface area contributed by atoms with Crippen molar-refractivity contribution in [1.82, 2.24) is 0 Å². The van der Waals surface area contributed by atoms with Crippen molar-refractivity contribution in [3.05, 3.63) is 70.2 Å². The summed E-state index contributed by atoms with van der Waals surface area (Å²) < 4.78 is 3.18. The molecule has 0 saturated carbocycles. The number of nitrogens with zero attached hydrogens (tertiary/aromatic N) is 2. The minimum absolute atomic E-state index is 0.0584. The molecule has 0 spiro atoms. The van der Waals surface area contributed by atoms with Gasteiger partial charge >= 0.3 is 11.9 Å². The molecule has 2 aromatic carbocycles. The van der Waals surface area contributed by atoms with Crippen LogP contribution in [0.2, 0.25) is 0 Å². The summed E-state index contributed by atoms with van der Waals surface area (Å²) in [4.78, 5) is 25.6. The Morgan fingerprint density at radius 1 is 1.03 bits per heavy atom. The van der Waals surface area contributed by atoms with Crippen molar-refractivity contribution in [1.29, 1.82) is 0 Å². The summed E-state index contributed by atoms with van der Waals surface area (Å²) in [5.41, 5.74) is 3.16. The second-order valence-electron chi connectivity index (χ2n) is 7.62. The Morgan fingerprint density at radius 3 is 2.52 bits per heavy atom. The molecule has 33 heavy (non-hydrogen) atoms. The number of anilines is 1. The van der Waals surface area contributed by atoms with Crippen LogP contribution in [0.3, 0.4) is 0 Å². The Hall–Kier alpha value is -3.10. The van der Waals surface area contributed by atoms with Crippen molar-refractivity contribution in [2.45, 2.75) is 37.6 Å².